The molecule has 0 N–H and O–H groups in total. The van der Waals surface area contributed by atoms with E-state index in [1.54, 1.807) is 0 Å². The van der Waals surface area contributed by atoms with Gasteiger partial charge in [0.25, 0.3) is 0 Å². The maximum absolute atomic E-state index is 6.47. The summed E-state index contributed by atoms with van der Waals surface area (Å²) in [4.78, 5) is 4.71. The van der Waals surface area contributed by atoms with E-state index in [1.807, 2.05) is 47.4 Å². The summed E-state index contributed by atoms with van der Waals surface area (Å²) < 4.78 is 10.6. The first-order valence-electron chi connectivity index (χ1n) is 15.8. The maximum Gasteiger partial charge on any atom is 0.137 e. The van der Waals surface area contributed by atoms with Crippen molar-refractivity contribution in [2.75, 3.05) is 0 Å². The molecule has 4 aromatic carbocycles. The fraction of sp³-hybridized carbons (Fsp3) is 0.200. The highest BCUT2D eigenvalue weighted by Crippen LogP contribution is 2.36. The molecular formula is C40H38N4O. The molecule has 3 heterocycles. The number of ether oxygens (including phenoxy) is 1. The molecule has 5 heteroatoms. The summed E-state index contributed by atoms with van der Waals surface area (Å²) in [6, 6.07) is 31.7. The minimum absolute atomic E-state index is 0.565. The van der Waals surface area contributed by atoms with E-state index in [0.717, 1.165) is 45.0 Å². The first-order valence-corrected chi connectivity index (χ1v) is 15.8. The molecule has 0 aliphatic carbocycles. The zero-order valence-electron chi connectivity index (χ0n) is 26.6. The Hall–Kier alpha value is -5.16. The molecule has 7 rings (SSSR count). The first-order chi connectivity index (χ1) is 21.9. The van der Waals surface area contributed by atoms with Gasteiger partial charge in [-0.3, -0.25) is 4.57 Å². The van der Waals surface area contributed by atoms with E-state index in [9.17, 15) is 0 Å². The number of rotatable bonds is 8. The summed E-state index contributed by atoms with van der Waals surface area (Å²) in [6.07, 6.45) is 8.34. The van der Waals surface area contributed by atoms with Gasteiger partial charge in [-0.1, -0.05) is 56.7 Å². The van der Waals surface area contributed by atoms with Crippen LogP contribution in [0.5, 0.6) is 11.5 Å². The molecule has 0 fully saturated rings. The summed E-state index contributed by atoms with van der Waals surface area (Å²) in [5.74, 6) is 2.98. The number of para-hydroxylation sites is 1. The maximum atomic E-state index is 6.47. The van der Waals surface area contributed by atoms with E-state index in [0.29, 0.717) is 5.92 Å². The Bertz CT molecular complexity index is 2150. The second-order valence-corrected chi connectivity index (χ2v) is 12.2. The van der Waals surface area contributed by atoms with Crippen LogP contribution >= 0.6 is 0 Å². The average molecular weight is 591 g/mol. The van der Waals surface area contributed by atoms with Crippen molar-refractivity contribution in [3.05, 3.63) is 132 Å². The lowest BCUT2D eigenvalue weighted by atomic mass is 9.89. The lowest BCUT2D eigenvalue weighted by molar-refractivity contribution is 0.483. The molecule has 0 amide bonds. The van der Waals surface area contributed by atoms with Crippen LogP contribution in [0.1, 0.15) is 54.9 Å². The van der Waals surface area contributed by atoms with Gasteiger partial charge in [0, 0.05) is 40.9 Å². The third kappa shape index (κ3) is 5.40. The zero-order chi connectivity index (χ0) is 31.1. The monoisotopic (exact) mass is 590 g/mol. The van der Waals surface area contributed by atoms with Crippen molar-refractivity contribution in [2.24, 2.45) is 0 Å². The van der Waals surface area contributed by atoms with Crippen LogP contribution in [0.4, 0.5) is 0 Å². The number of benzene rings is 4. The van der Waals surface area contributed by atoms with E-state index in [4.69, 9.17) is 14.8 Å². The average Bonchev–Trinajstić information content (AvgIpc) is 3.64. The standard InChI is InChI=1S/C40H38N4O/c1-6-10-27(3)30-20-28(4)40(29(5)21-30)31-24-42-43(25-31)32-11-9-12-33(22-32)45-34-15-16-36-35-13-7-8-14-37(35)44(38(36)23-34)39-19-26(2)17-18-41-39/h7-9,11-25,27H,6,10H2,1-5H3. The molecule has 0 bridgehead atoms. The lowest BCUT2D eigenvalue weighted by Crippen LogP contribution is -1.98. The number of aromatic nitrogens is 4. The number of nitrogens with zero attached hydrogens (tertiary/aromatic N) is 4. The van der Waals surface area contributed by atoms with Crippen molar-refractivity contribution < 1.29 is 4.74 Å². The summed E-state index contributed by atoms with van der Waals surface area (Å²) in [5.41, 5.74) is 10.7. The molecule has 1 unspecified atom stereocenters. The van der Waals surface area contributed by atoms with E-state index in [-0.39, 0.29) is 0 Å². The Morgan fingerprint density at radius 1 is 0.778 bits per heavy atom. The molecule has 7 aromatic rings. The van der Waals surface area contributed by atoms with Gasteiger partial charge in [0.1, 0.15) is 17.3 Å². The summed E-state index contributed by atoms with van der Waals surface area (Å²) in [7, 11) is 0. The predicted octanol–water partition coefficient (Wildman–Crippen LogP) is 10.7. The van der Waals surface area contributed by atoms with Crippen LogP contribution in [0.3, 0.4) is 0 Å². The van der Waals surface area contributed by atoms with Crippen LogP contribution in [-0.4, -0.2) is 19.3 Å². The quantitative estimate of drug-likeness (QED) is 0.177. The van der Waals surface area contributed by atoms with E-state index < -0.39 is 0 Å². The van der Waals surface area contributed by atoms with Crippen LogP contribution in [0, 0.1) is 20.8 Å². The molecule has 1 atom stereocenters. The van der Waals surface area contributed by atoms with Gasteiger partial charge < -0.3 is 4.74 Å². The van der Waals surface area contributed by atoms with E-state index in [1.165, 1.54) is 46.0 Å². The number of aryl methyl sites for hydroxylation is 3. The Morgan fingerprint density at radius 2 is 1.56 bits per heavy atom. The van der Waals surface area contributed by atoms with Crippen molar-refractivity contribution >= 4 is 21.8 Å². The molecule has 224 valence electrons. The SMILES string of the molecule is CCCC(C)c1cc(C)c(-c2cnn(-c3cccc(Oc4ccc5c6ccccc6n(-c6cc(C)ccn6)c5c4)c3)c2)c(C)c1. The largest absolute Gasteiger partial charge is 0.457 e. The Labute approximate surface area is 264 Å². The van der Waals surface area contributed by atoms with Crippen LogP contribution in [0.2, 0.25) is 0 Å². The molecule has 5 nitrogen and oxygen atoms in total. The molecule has 0 aliphatic rings. The van der Waals surface area contributed by atoms with Crippen LogP contribution in [0.25, 0.3) is 44.4 Å². The van der Waals surface area contributed by atoms with Crippen molar-refractivity contribution in [3.8, 4) is 34.1 Å². The Kier molecular flexibility index (Phi) is 7.46. The van der Waals surface area contributed by atoms with Crippen LogP contribution in [-0.2, 0) is 0 Å². The van der Waals surface area contributed by atoms with Crippen molar-refractivity contribution in [1.82, 2.24) is 19.3 Å². The molecule has 45 heavy (non-hydrogen) atoms. The highest BCUT2D eigenvalue weighted by molar-refractivity contribution is 6.09. The normalized spacial score (nSPS) is 12.2. The summed E-state index contributed by atoms with van der Waals surface area (Å²) >= 11 is 0. The molecular weight excluding hydrogens is 552 g/mol. The van der Waals surface area contributed by atoms with Crippen molar-refractivity contribution in [1.29, 1.82) is 0 Å². The molecule has 0 saturated heterocycles. The third-order valence-electron chi connectivity index (χ3n) is 8.81. The van der Waals surface area contributed by atoms with Crippen molar-refractivity contribution in [2.45, 2.75) is 53.4 Å². The zero-order valence-corrected chi connectivity index (χ0v) is 26.6. The highest BCUT2D eigenvalue weighted by Gasteiger charge is 2.16. The minimum Gasteiger partial charge on any atom is -0.457 e. The summed E-state index contributed by atoms with van der Waals surface area (Å²) in [5, 5.41) is 7.10. The number of pyridine rings is 1. The van der Waals surface area contributed by atoms with Gasteiger partial charge in [-0.15, -0.1) is 0 Å². The van der Waals surface area contributed by atoms with Gasteiger partial charge in [-0.2, -0.15) is 5.10 Å². The van der Waals surface area contributed by atoms with Crippen molar-refractivity contribution in [3.63, 3.8) is 0 Å². The number of fused-ring (bicyclic) bond motifs is 3. The van der Waals surface area contributed by atoms with Crippen LogP contribution < -0.4 is 4.74 Å². The highest BCUT2D eigenvalue weighted by atomic mass is 16.5. The fourth-order valence-corrected chi connectivity index (χ4v) is 6.66. The van der Waals surface area contributed by atoms with Gasteiger partial charge in [0.2, 0.25) is 0 Å². The molecule has 0 spiro atoms. The van der Waals surface area contributed by atoms with Gasteiger partial charge in [-0.05, 0) is 103 Å². The number of hydrogen-bond acceptors (Lipinski definition) is 3. The Balaban J connectivity index is 1.20. The minimum atomic E-state index is 0.565. The molecule has 0 radical (unpaired) electrons. The smallest absolute Gasteiger partial charge is 0.137 e. The van der Waals surface area contributed by atoms with Gasteiger partial charge in [-0.25, -0.2) is 9.67 Å². The van der Waals surface area contributed by atoms with E-state index in [2.05, 4.69) is 106 Å². The summed E-state index contributed by atoms with van der Waals surface area (Å²) in [6.45, 7) is 11.1. The van der Waals surface area contributed by atoms with Gasteiger partial charge in [0.15, 0.2) is 0 Å². The second-order valence-electron chi connectivity index (χ2n) is 12.2. The molecule has 3 aromatic heterocycles. The fourth-order valence-electron chi connectivity index (χ4n) is 6.66. The predicted molar refractivity (Wildman–Crippen MR) is 185 cm³/mol. The van der Waals surface area contributed by atoms with Gasteiger partial charge in [0.05, 0.1) is 22.9 Å². The van der Waals surface area contributed by atoms with Gasteiger partial charge >= 0.3 is 0 Å². The molecule has 0 saturated carbocycles. The lowest BCUT2D eigenvalue weighted by Gasteiger charge is -2.16. The topological polar surface area (TPSA) is 44.9 Å². The number of hydrogen-bond donors (Lipinski definition) is 0. The van der Waals surface area contributed by atoms with E-state index >= 15 is 0 Å². The third-order valence-corrected chi connectivity index (χ3v) is 8.81. The Morgan fingerprint density at radius 3 is 2.36 bits per heavy atom. The first kappa shape index (κ1) is 28.6. The molecule has 0 aliphatic heterocycles. The van der Waals surface area contributed by atoms with Crippen LogP contribution in [0.15, 0.2) is 110 Å². The second kappa shape index (κ2) is 11.7.